The topological polar surface area (TPSA) is 112 Å². The van der Waals surface area contributed by atoms with Gasteiger partial charge in [0.2, 0.25) is 5.91 Å². The lowest BCUT2D eigenvalue weighted by atomic mass is 9.90. The number of carbonyl (C=O) groups is 2. The molecule has 0 saturated heterocycles. The fourth-order valence-corrected chi connectivity index (χ4v) is 4.76. The molecule has 2 aromatic heterocycles. The number of nitrogens with zero attached hydrogens (tertiary/aromatic N) is 3. The zero-order chi connectivity index (χ0) is 26.0. The summed E-state index contributed by atoms with van der Waals surface area (Å²) in [6.07, 6.45) is 3.60. The van der Waals surface area contributed by atoms with Crippen LogP contribution < -0.4 is 16.6 Å². The van der Waals surface area contributed by atoms with Gasteiger partial charge in [-0.2, -0.15) is 0 Å². The van der Waals surface area contributed by atoms with Crippen molar-refractivity contribution in [3.8, 4) is 5.69 Å². The van der Waals surface area contributed by atoms with E-state index in [9.17, 15) is 23.6 Å². The standard InChI is InChI=1S/C26H29FN4O5/c1-15(2)11-22(32)29-18-7-9-19(10-8-18)31-24(33)21-13-17(27)14-28-23(21)30(26(31)35)20-6-4-5-16(12-20)25(34)36-3/h4-6,12-15,18-19H,7-11H2,1-3H3,(H,29,32)/t18-,19+. The first-order valence-corrected chi connectivity index (χ1v) is 12.0. The summed E-state index contributed by atoms with van der Waals surface area (Å²) in [4.78, 5) is 55.4. The Bertz CT molecular complexity index is 1420. The summed E-state index contributed by atoms with van der Waals surface area (Å²) in [7, 11) is 1.25. The van der Waals surface area contributed by atoms with Gasteiger partial charge < -0.3 is 10.1 Å². The second kappa shape index (κ2) is 10.4. The first kappa shape index (κ1) is 25.3. The summed E-state index contributed by atoms with van der Waals surface area (Å²) in [5.74, 6) is -1.04. The molecule has 4 rings (SSSR count). The molecule has 0 bridgehead atoms. The zero-order valence-corrected chi connectivity index (χ0v) is 20.5. The fourth-order valence-electron chi connectivity index (χ4n) is 4.76. The van der Waals surface area contributed by atoms with Gasteiger partial charge >= 0.3 is 11.7 Å². The number of benzene rings is 1. The largest absolute Gasteiger partial charge is 0.465 e. The van der Waals surface area contributed by atoms with Crippen molar-refractivity contribution in [1.82, 2.24) is 19.4 Å². The van der Waals surface area contributed by atoms with Crippen molar-refractivity contribution >= 4 is 22.9 Å². The van der Waals surface area contributed by atoms with Crippen molar-refractivity contribution in [3.05, 3.63) is 68.7 Å². The van der Waals surface area contributed by atoms with Crippen LogP contribution in [0.25, 0.3) is 16.7 Å². The third-order valence-electron chi connectivity index (χ3n) is 6.44. The molecule has 36 heavy (non-hydrogen) atoms. The number of methoxy groups -OCH3 is 1. The number of fused-ring (bicyclic) bond motifs is 1. The Morgan fingerprint density at radius 3 is 2.56 bits per heavy atom. The Hall–Kier alpha value is -3.82. The Morgan fingerprint density at radius 1 is 1.17 bits per heavy atom. The Balaban J connectivity index is 1.75. The van der Waals surface area contributed by atoms with Gasteiger partial charge in [-0.3, -0.25) is 14.2 Å². The van der Waals surface area contributed by atoms with Crippen molar-refractivity contribution < 1.29 is 18.7 Å². The average molecular weight is 497 g/mol. The molecule has 0 spiro atoms. The SMILES string of the molecule is COC(=O)c1cccc(-n2c(=O)n([C@H]3CC[C@@H](NC(=O)CC(C)C)CC3)c(=O)c3cc(F)cnc32)c1. The van der Waals surface area contributed by atoms with Crippen LogP contribution in [0.4, 0.5) is 4.39 Å². The highest BCUT2D eigenvalue weighted by Gasteiger charge is 2.28. The van der Waals surface area contributed by atoms with Crippen LogP contribution in [0, 0.1) is 11.7 Å². The second-order valence-electron chi connectivity index (χ2n) is 9.53. The van der Waals surface area contributed by atoms with Gasteiger partial charge in [-0.25, -0.2) is 23.5 Å². The van der Waals surface area contributed by atoms with E-state index in [0.29, 0.717) is 37.8 Å². The molecule has 0 aliphatic heterocycles. The molecule has 1 aliphatic rings. The molecular formula is C26H29FN4O5. The number of pyridine rings is 1. The summed E-state index contributed by atoms with van der Waals surface area (Å²) in [5, 5.41) is 3.00. The highest BCUT2D eigenvalue weighted by Crippen LogP contribution is 2.27. The highest BCUT2D eigenvalue weighted by atomic mass is 19.1. The minimum absolute atomic E-state index is 0.000648. The second-order valence-corrected chi connectivity index (χ2v) is 9.53. The normalized spacial score (nSPS) is 17.8. The van der Waals surface area contributed by atoms with Gasteiger partial charge in [-0.15, -0.1) is 0 Å². The molecule has 1 amide bonds. The predicted molar refractivity (Wildman–Crippen MR) is 132 cm³/mol. The van der Waals surface area contributed by atoms with E-state index in [-0.39, 0.29) is 34.5 Å². The van der Waals surface area contributed by atoms with Gasteiger partial charge in [-0.1, -0.05) is 19.9 Å². The monoisotopic (exact) mass is 496 g/mol. The molecule has 0 radical (unpaired) electrons. The minimum atomic E-state index is -0.698. The van der Waals surface area contributed by atoms with E-state index in [4.69, 9.17) is 4.74 Å². The molecule has 1 saturated carbocycles. The van der Waals surface area contributed by atoms with Gasteiger partial charge in [0.25, 0.3) is 5.56 Å². The maximum Gasteiger partial charge on any atom is 0.337 e. The van der Waals surface area contributed by atoms with Crippen LogP contribution in [-0.2, 0) is 9.53 Å². The molecule has 190 valence electrons. The van der Waals surface area contributed by atoms with Crippen LogP contribution in [0.15, 0.2) is 46.1 Å². The highest BCUT2D eigenvalue weighted by molar-refractivity contribution is 5.90. The molecule has 10 heteroatoms. The molecule has 1 N–H and O–H groups in total. The lowest BCUT2D eigenvalue weighted by Gasteiger charge is -2.30. The van der Waals surface area contributed by atoms with E-state index in [2.05, 4.69) is 10.3 Å². The van der Waals surface area contributed by atoms with Crippen LogP contribution in [0.3, 0.4) is 0 Å². The van der Waals surface area contributed by atoms with E-state index in [1.54, 1.807) is 18.2 Å². The zero-order valence-electron chi connectivity index (χ0n) is 20.5. The van der Waals surface area contributed by atoms with Gasteiger partial charge in [0.1, 0.15) is 5.82 Å². The van der Waals surface area contributed by atoms with E-state index in [1.807, 2.05) is 13.8 Å². The van der Waals surface area contributed by atoms with Gasteiger partial charge in [-0.05, 0) is 55.9 Å². The molecule has 9 nitrogen and oxygen atoms in total. The summed E-state index contributed by atoms with van der Waals surface area (Å²) >= 11 is 0. The molecule has 1 aliphatic carbocycles. The predicted octanol–water partition coefficient (Wildman–Crippen LogP) is 3.12. The average Bonchev–Trinajstić information content (AvgIpc) is 2.85. The Morgan fingerprint density at radius 2 is 1.89 bits per heavy atom. The lowest BCUT2D eigenvalue weighted by molar-refractivity contribution is -0.122. The maximum absolute atomic E-state index is 14.1. The van der Waals surface area contributed by atoms with Crippen LogP contribution in [-0.4, -0.2) is 39.1 Å². The first-order chi connectivity index (χ1) is 17.2. The molecule has 1 aromatic carbocycles. The summed E-state index contributed by atoms with van der Waals surface area (Å²) in [6.45, 7) is 3.96. The van der Waals surface area contributed by atoms with E-state index < -0.39 is 29.1 Å². The molecule has 0 unspecified atom stereocenters. The van der Waals surface area contributed by atoms with E-state index >= 15 is 0 Å². The summed E-state index contributed by atoms with van der Waals surface area (Å²) < 4.78 is 21.3. The number of hydrogen-bond acceptors (Lipinski definition) is 6. The van der Waals surface area contributed by atoms with Crippen molar-refractivity contribution in [2.45, 2.75) is 58.0 Å². The van der Waals surface area contributed by atoms with Crippen molar-refractivity contribution in [2.24, 2.45) is 5.92 Å². The third kappa shape index (κ3) is 5.07. The van der Waals surface area contributed by atoms with Crippen LogP contribution in [0.5, 0.6) is 0 Å². The number of amides is 1. The van der Waals surface area contributed by atoms with Crippen LogP contribution in [0.2, 0.25) is 0 Å². The molecular weight excluding hydrogens is 467 g/mol. The molecule has 0 atom stereocenters. The summed E-state index contributed by atoms with van der Waals surface area (Å²) in [5.41, 5.74) is -0.724. The smallest absolute Gasteiger partial charge is 0.337 e. The number of hydrogen-bond donors (Lipinski definition) is 1. The third-order valence-corrected chi connectivity index (χ3v) is 6.44. The van der Waals surface area contributed by atoms with Gasteiger partial charge in [0.05, 0.1) is 29.9 Å². The number of ether oxygens (including phenoxy) is 1. The lowest BCUT2D eigenvalue weighted by Crippen LogP contribution is -2.45. The number of rotatable bonds is 6. The Labute approximate surface area is 206 Å². The number of esters is 1. The number of halogens is 1. The van der Waals surface area contributed by atoms with E-state index in [0.717, 1.165) is 16.8 Å². The van der Waals surface area contributed by atoms with Gasteiger partial charge in [0, 0.05) is 18.5 Å². The quantitative estimate of drug-likeness (QED) is 0.525. The number of aromatic nitrogens is 3. The van der Waals surface area contributed by atoms with Crippen molar-refractivity contribution in [1.29, 1.82) is 0 Å². The van der Waals surface area contributed by atoms with E-state index in [1.165, 1.54) is 17.7 Å². The molecule has 3 aromatic rings. The van der Waals surface area contributed by atoms with Crippen LogP contribution >= 0.6 is 0 Å². The number of carbonyl (C=O) groups excluding carboxylic acids is 2. The van der Waals surface area contributed by atoms with Gasteiger partial charge in [0.15, 0.2) is 5.65 Å². The van der Waals surface area contributed by atoms with Crippen molar-refractivity contribution in [3.63, 3.8) is 0 Å². The molecule has 2 heterocycles. The maximum atomic E-state index is 14.1. The fraction of sp³-hybridized carbons (Fsp3) is 0.423. The van der Waals surface area contributed by atoms with Crippen LogP contribution in [0.1, 0.15) is 62.4 Å². The minimum Gasteiger partial charge on any atom is -0.465 e. The number of nitrogens with one attached hydrogen (secondary N) is 1. The first-order valence-electron chi connectivity index (χ1n) is 12.0. The van der Waals surface area contributed by atoms with Crippen molar-refractivity contribution in [2.75, 3.05) is 7.11 Å². The Kier molecular flexibility index (Phi) is 7.32. The molecule has 1 fully saturated rings. The summed E-state index contributed by atoms with van der Waals surface area (Å²) in [6, 6.07) is 6.82.